The fraction of sp³-hybridized carbons (Fsp3) is 0.333. The van der Waals surface area contributed by atoms with Crippen molar-refractivity contribution in [2.75, 3.05) is 26.6 Å². The number of hydrogen-bond donors (Lipinski definition) is 0. The zero-order valence-electron chi connectivity index (χ0n) is 13.8. The molecular weight excluding hydrogens is 326 g/mol. The van der Waals surface area contributed by atoms with Crippen LogP contribution in [0.1, 0.15) is 23.1 Å². The van der Waals surface area contributed by atoms with Crippen molar-refractivity contribution in [3.63, 3.8) is 0 Å². The van der Waals surface area contributed by atoms with Gasteiger partial charge in [-0.25, -0.2) is 8.42 Å². The third kappa shape index (κ3) is 3.61. The molecule has 1 fully saturated rings. The Kier molecular flexibility index (Phi) is 4.89. The van der Waals surface area contributed by atoms with Gasteiger partial charge in [0.05, 0.1) is 19.5 Å². The number of methoxy groups -OCH3 is 1. The predicted molar refractivity (Wildman–Crippen MR) is 92.4 cm³/mol. The molecule has 3 rings (SSSR count). The number of benzene rings is 2. The standard InChI is InChI=1S/C18H21NO4S/c1-22-16-10-8-14(9-11-16)17-12-19(24(2,20)21)13-23-18(17)15-6-4-3-5-7-15/h3-11,17-18H,12-13H2,1-2H3/t17-,18-/m1/s1. The molecule has 0 bridgehead atoms. The first-order valence-electron chi connectivity index (χ1n) is 7.74. The van der Waals surface area contributed by atoms with Crippen molar-refractivity contribution in [1.29, 1.82) is 0 Å². The Balaban J connectivity index is 1.95. The van der Waals surface area contributed by atoms with Gasteiger partial charge in [-0.2, -0.15) is 4.31 Å². The summed E-state index contributed by atoms with van der Waals surface area (Å²) in [4.78, 5) is 0. The summed E-state index contributed by atoms with van der Waals surface area (Å²) in [6.45, 7) is 0.468. The minimum absolute atomic E-state index is 0.0745. The highest BCUT2D eigenvalue weighted by Gasteiger charge is 2.35. The highest BCUT2D eigenvalue weighted by Crippen LogP contribution is 2.38. The number of ether oxygens (including phenoxy) is 2. The van der Waals surface area contributed by atoms with Gasteiger partial charge in [-0.15, -0.1) is 0 Å². The molecule has 0 unspecified atom stereocenters. The van der Waals surface area contributed by atoms with E-state index in [4.69, 9.17) is 9.47 Å². The van der Waals surface area contributed by atoms with Crippen LogP contribution in [0.2, 0.25) is 0 Å². The lowest BCUT2D eigenvalue weighted by Crippen LogP contribution is -2.42. The summed E-state index contributed by atoms with van der Waals surface area (Å²) in [5.74, 6) is 0.688. The molecule has 1 saturated heterocycles. The summed E-state index contributed by atoms with van der Waals surface area (Å²) >= 11 is 0. The molecule has 0 aliphatic carbocycles. The van der Waals surface area contributed by atoms with E-state index in [1.807, 2.05) is 54.6 Å². The Hall–Kier alpha value is -1.89. The highest BCUT2D eigenvalue weighted by molar-refractivity contribution is 7.88. The molecule has 1 aliphatic rings. The van der Waals surface area contributed by atoms with E-state index >= 15 is 0 Å². The van der Waals surface area contributed by atoms with Crippen molar-refractivity contribution in [1.82, 2.24) is 4.31 Å². The molecule has 0 N–H and O–H groups in total. The SMILES string of the molecule is COc1ccc([C@H]2CN(S(C)(=O)=O)CO[C@@H]2c2ccccc2)cc1. The van der Waals surface area contributed by atoms with E-state index in [1.54, 1.807) is 7.11 Å². The summed E-state index contributed by atoms with van der Waals surface area (Å²) in [5, 5.41) is 0. The maximum Gasteiger partial charge on any atom is 0.213 e. The largest absolute Gasteiger partial charge is 0.497 e. The Morgan fingerprint density at radius 1 is 1.04 bits per heavy atom. The first-order chi connectivity index (χ1) is 11.5. The highest BCUT2D eigenvalue weighted by atomic mass is 32.2. The predicted octanol–water partition coefficient (Wildman–Crippen LogP) is 2.77. The fourth-order valence-electron chi connectivity index (χ4n) is 2.98. The van der Waals surface area contributed by atoms with Gasteiger partial charge in [0.15, 0.2) is 0 Å². The number of hydrogen-bond acceptors (Lipinski definition) is 4. The molecule has 128 valence electrons. The quantitative estimate of drug-likeness (QED) is 0.853. The Bertz CT molecular complexity index is 774. The van der Waals surface area contributed by atoms with E-state index in [0.717, 1.165) is 16.9 Å². The van der Waals surface area contributed by atoms with Crippen LogP contribution < -0.4 is 4.74 Å². The average molecular weight is 347 g/mol. The molecular formula is C18H21NO4S. The van der Waals surface area contributed by atoms with Crippen molar-refractivity contribution in [2.45, 2.75) is 12.0 Å². The Morgan fingerprint density at radius 3 is 2.29 bits per heavy atom. The van der Waals surface area contributed by atoms with E-state index in [1.165, 1.54) is 10.6 Å². The van der Waals surface area contributed by atoms with Crippen LogP contribution in [0.15, 0.2) is 54.6 Å². The molecule has 0 aromatic heterocycles. The van der Waals surface area contributed by atoms with E-state index in [9.17, 15) is 8.42 Å². The summed E-state index contributed by atoms with van der Waals surface area (Å²) < 4.78 is 36.4. The molecule has 0 amide bonds. The second kappa shape index (κ2) is 6.93. The van der Waals surface area contributed by atoms with Crippen molar-refractivity contribution < 1.29 is 17.9 Å². The normalized spacial score (nSPS) is 22.2. The lowest BCUT2D eigenvalue weighted by Gasteiger charge is -2.38. The van der Waals surface area contributed by atoms with E-state index in [2.05, 4.69) is 0 Å². The van der Waals surface area contributed by atoms with Gasteiger partial charge < -0.3 is 9.47 Å². The molecule has 2 aromatic rings. The number of rotatable bonds is 4. The molecule has 0 spiro atoms. The zero-order valence-corrected chi connectivity index (χ0v) is 14.6. The third-order valence-corrected chi connectivity index (χ3v) is 5.50. The van der Waals surface area contributed by atoms with Gasteiger partial charge in [-0.05, 0) is 23.3 Å². The van der Waals surface area contributed by atoms with Crippen LogP contribution in [0.25, 0.3) is 0 Å². The second-order valence-corrected chi connectivity index (χ2v) is 7.89. The molecule has 2 atom stereocenters. The maximum absolute atomic E-state index is 11.9. The first kappa shape index (κ1) is 17.0. The van der Waals surface area contributed by atoms with Crippen molar-refractivity contribution in [3.8, 4) is 5.75 Å². The zero-order chi connectivity index (χ0) is 17.2. The van der Waals surface area contributed by atoms with E-state index in [0.29, 0.717) is 6.54 Å². The average Bonchev–Trinajstić information content (AvgIpc) is 2.61. The lowest BCUT2D eigenvalue weighted by atomic mass is 9.88. The third-order valence-electron chi connectivity index (χ3n) is 4.30. The molecule has 0 saturated carbocycles. The molecule has 24 heavy (non-hydrogen) atoms. The molecule has 1 heterocycles. The van der Waals surface area contributed by atoms with Crippen LogP contribution >= 0.6 is 0 Å². The smallest absolute Gasteiger partial charge is 0.213 e. The molecule has 5 nitrogen and oxygen atoms in total. The molecule has 1 aliphatic heterocycles. The summed E-state index contributed by atoms with van der Waals surface area (Å²) in [6, 6.07) is 17.6. The Labute approximate surface area is 142 Å². The minimum atomic E-state index is -3.30. The van der Waals surface area contributed by atoms with Crippen molar-refractivity contribution >= 4 is 10.0 Å². The molecule has 2 aromatic carbocycles. The van der Waals surface area contributed by atoms with Gasteiger partial charge in [0.2, 0.25) is 10.0 Å². The monoisotopic (exact) mass is 347 g/mol. The van der Waals surface area contributed by atoms with Gasteiger partial charge in [-0.3, -0.25) is 0 Å². The molecule has 0 radical (unpaired) electrons. The Morgan fingerprint density at radius 2 is 1.71 bits per heavy atom. The maximum atomic E-state index is 11.9. The molecule has 6 heteroatoms. The van der Waals surface area contributed by atoms with Gasteiger partial charge in [0.1, 0.15) is 12.5 Å². The number of sulfonamides is 1. The van der Waals surface area contributed by atoms with Gasteiger partial charge in [-0.1, -0.05) is 42.5 Å². The van der Waals surface area contributed by atoms with Gasteiger partial charge in [0, 0.05) is 12.5 Å². The van der Waals surface area contributed by atoms with Crippen LogP contribution in [0.4, 0.5) is 0 Å². The summed E-state index contributed by atoms with van der Waals surface area (Å²) in [6.07, 6.45) is 1.03. The summed E-state index contributed by atoms with van der Waals surface area (Å²) in [5.41, 5.74) is 2.07. The van der Waals surface area contributed by atoms with Gasteiger partial charge >= 0.3 is 0 Å². The first-order valence-corrected chi connectivity index (χ1v) is 9.59. The lowest BCUT2D eigenvalue weighted by molar-refractivity contribution is -0.0508. The van der Waals surface area contributed by atoms with E-state index < -0.39 is 10.0 Å². The van der Waals surface area contributed by atoms with Crippen LogP contribution in [-0.4, -0.2) is 39.4 Å². The van der Waals surface area contributed by atoms with Gasteiger partial charge in [0.25, 0.3) is 0 Å². The van der Waals surface area contributed by atoms with Crippen LogP contribution in [-0.2, 0) is 14.8 Å². The second-order valence-electron chi connectivity index (χ2n) is 5.90. The summed E-state index contributed by atoms with van der Waals surface area (Å²) in [7, 11) is -1.68. The van der Waals surface area contributed by atoms with E-state index in [-0.39, 0.29) is 18.8 Å². The topological polar surface area (TPSA) is 55.8 Å². The van der Waals surface area contributed by atoms with Crippen molar-refractivity contribution in [3.05, 3.63) is 65.7 Å². The number of nitrogens with zero attached hydrogens (tertiary/aromatic N) is 1. The van der Waals surface area contributed by atoms with Crippen LogP contribution in [0.5, 0.6) is 5.75 Å². The fourth-order valence-corrected chi connectivity index (χ4v) is 3.66. The minimum Gasteiger partial charge on any atom is -0.497 e. The van der Waals surface area contributed by atoms with Crippen molar-refractivity contribution in [2.24, 2.45) is 0 Å². The van der Waals surface area contributed by atoms with Crippen LogP contribution in [0.3, 0.4) is 0 Å². The van der Waals surface area contributed by atoms with Crippen LogP contribution in [0, 0.1) is 0 Å².